The minimum absolute atomic E-state index is 0.870. The molecule has 140 valence electrons. The lowest BCUT2D eigenvalue weighted by molar-refractivity contribution is 1.02. The molecule has 1 heterocycles. The van der Waals surface area contributed by atoms with E-state index in [0.29, 0.717) is 0 Å². The van der Waals surface area contributed by atoms with Crippen LogP contribution in [-0.4, -0.2) is 14.8 Å². The zero-order valence-electron chi connectivity index (χ0n) is 16.7. The van der Waals surface area contributed by atoms with Crippen molar-refractivity contribution in [3.05, 3.63) is 89.5 Å². The zero-order valence-corrected chi connectivity index (χ0v) is 16.7. The zero-order chi connectivity index (χ0) is 19.5. The molecule has 0 spiro atoms. The minimum Gasteiger partial charge on any atom is -0.275 e. The number of nitrogens with zero attached hydrogens (tertiary/aromatic N) is 3. The van der Waals surface area contributed by atoms with Crippen LogP contribution in [0.5, 0.6) is 0 Å². The van der Waals surface area contributed by atoms with Crippen molar-refractivity contribution in [3.8, 4) is 28.5 Å². The fourth-order valence-corrected chi connectivity index (χ4v) is 3.58. The molecule has 3 heteroatoms. The molecular weight excluding hydrogens is 342 g/mol. The first kappa shape index (κ1) is 18.2. The van der Waals surface area contributed by atoms with Crippen molar-refractivity contribution >= 4 is 0 Å². The van der Waals surface area contributed by atoms with Crippen LogP contribution in [0.1, 0.15) is 30.5 Å². The Balaban J connectivity index is 2.01. The number of hydrogen-bond acceptors (Lipinski definition) is 2. The van der Waals surface area contributed by atoms with Gasteiger partial charge in [-0.1, -0.05) is 74.5 Å². The van der Waals surface area contributed by atoms with E-state index in [0.717, 1.165) is 41.3 Å². The summed E-state index contributed by atoms with van der Waals surface area (Å²) in [5.74, 6) is 1.75. The smallest absolute Gasteiger partial charge is 0.169 e. The Kier molecular flexibility index (Phi) is 5.07. The van der Waals surface area contributed by atoms with E-state index in [1.54, 1.807) is 0 Å². The second-order valence-electron chi connectivity index (χ2n) is 7.08. The molecule has 0 unspecified atom stereocenters. The molecule has 0 radical (unpaired) electrons. The molecule has 0 saturated heterocycles. The van der Waals surface area contributed by atoms with Crippen LogP contribution >= 0.6 is 0 Å². The van der Waals surface area contributed by atoms with E-state index in [-0.39, 0.29) is 0 Å². The van der Waals surface area contributed by atoms with Gasteiger partial charge in [0.1, 0.15) is 0 Å². The highest BCUT2D eigenvalue weighted by atomic mass is 15.3. The molecule has 4 aromatic rings. The fraction of sp³-hybridized carbons (Fsp3) is 0.200. The molecule has 3 nitrogen and oxygen atoms in total. The monoisotopic (exact) mass is 367 g/mol. The molecule has 0 aliphatic rings. The summed E-state index contributed by atoms with van der Waals surface area (Å²) in [5, 5.41) is 9.23. The molecule has 0 aliphatic heterocycles. The Morgan fingerprint density at radius 3 is 1.96 bits per heavy atom. The summed E-state index contributed by atoms with van der Waals surface area (Å²) >= 11 is 0. The largest absolute Gasteiger partial charge is 0.275 e. The van der Waals surface area contributed by atoms with Crippen molar-refractivity contribution in [2.24, 2.45) is 0 Å². The van der Waals surface area contributed by atoms with Crippen LogP contribution < -0.4 is 0 Å². The van der Waals surface area contributed by atoms with Gasteiger partial charge in [-0.15, -0.1) is 10.2 Å². The number of hydrogen-bond donors (Lipinski definition) is 0. The van der Waals surface area contributed by atoms with E-state index in [1.807, 2.05) is 18.2 Å². The summed E-state index contributed by atoms with van der Waals surface area (Å²) in [7, 11) is 0. The first-order valence-electron chi connectivity index (χ1n) is 9.91. The predicted octanol–water partition coefficient (Wildman–Crippen LogP) is 6.03. The van der Waals surface area contributed by atoms with E-state index in [1.165, 1.54) is 16.7 Å². The van der Waals surface area contributed by atoms with Crippen molar-refractivity contribution in [3.63, 3.8) is 0 Å². The van der Waals surface area contributed by atoms with Crippen LogP contribution in [0.4, 0.5) is 0 Å². The standard InChI is InChI=1S/C25H25N3/c1-4-19-15-20(5-2)17-22(16-19)28-24(21-12-7-6-8-13-21)26-27-25(28)23-14-10-9-11-18(23)3/h6-17H,4-5H2,1-3H3. The Bertz CT molecular complexity index is 1070. The Labute approximate surface area is 166 Å². The third-order valence-corrected chi connectivity index (χ3v) is 5.19. The van der Waals surface area contributed by atoms with Gasteiger partial charge in [0.15, 0.2) is 11.6 Å². The number of benzene rings is 3. The van der Waals surface area contributed by atoms with Crippen molar-refractivity contribution in [1.82, 2.24) is 14.8 Å². The summed E-state index contributed by atoms with van der Waals surface area (Å²) in [5.41, 5.74) is 7.15. The van der Waals surface area contributed by atoms with E-state index in [4.69, 9.17) is 0 Å². The average molecular weight is 367 g/mol. The first-order chi connectivity index (χ1) is 13.7. The molecule has 0 saturated carbocycles. The second kappa shape index (κ2) is 7.81. The minimum atomic E-state index is 0.870. The van der Waals surface area contributed by atoms with Crippen LogP contribution in [0.2, 0.25) is 0 Å². The Morgan fingerprint density at radius 2 is 1.32 bits per heavy atom. The van der Waals surface area contributed by atoms with Crippen molar-refractivity contribution < 1.29 is 0 Å². The summed E-state index contributed by atoms with van der Waals surface area (Å²) in [4.78, 5) is 0. The van der Waals surface area contributed by atoms with Gasteiger partial charge in [0.2, 0.25) is 0 Å². The maximum atomic E-state index is 4.62. The van der Waals surface area contributed by atoms with Gasteiger partial charge < -0.3 is 0 Å². The van der Waals surface area contributed by atoms with E-state index in [2.05, 4.69) is 90.1 Å². The molecule has 1 aromatic heterocycles. The number of rotatable bonds is 5. The fourth-order valence-electron chi connectivity index (χ4n) is 3.58. The molecule has 0 amide bonds. The Morgan fingerprint density at radius 1 is 0.714 bits per heavy atom. The van der Waals surface area contributed by atoms with E-state index in [9.17, 15) is 0 Å². The lowest BCUT2D eigenvalue weighted by Gasteiger charge is -2.15. The number of aromatic nitrogens is 3. The lowest BCUT2D eigenvalue weighted by atomic mass is 10.0. The third kappa shape index (κ3) is 3.36. The van der Waals surface area contributed by atoms with Crippen molar-refractivity contribution in [2.45, 2.75) is 33.6 Å². The van der Waals surface area contributed by atoms with Gasteiger partial charge in [-0.25, -0.2) is 0 Å². The first-order valence-corrected chi connectivity index (χ1v) is 9.91. The van der Waals surface area contributed by atoms with Crippen LogP contribution in [0.15, 0.2) is 72.8 Å². The highest BCUT2D eigenvalue weighted by Crippen LogP contribution is 2.31. The van der Waals surface area contributed by atoms with Crippen LogP contribution in [-0.2, 0) is 12.8 Å². The molecule has 0 N–H and O–H groups in total. The third-order valence-electron chi connectivity index (χ3n) is 5.19. The maximum Gasteiger partial charge on any atom is 0.169 e. The Hall–Kier alpha value is -3.20. The summed E-state index contributed by atoms with van der Waals surface area (Å²) < 4.78 is 2.20. The van der Waals surface area contributed by atoms with Crippen molar-refractivity contribution in [2.75, 3.05) is 0 Å². The topological polar surface area (TPSA) is 30.7 Å². The molecule has 0 bridgehead atoms. The van der Waals surface area contributed by atoms with Crippen LogP contribution in [0.3, 0.4) is 0 Å². The molecule has 28 heavy (non-hydrogen) atoms. The molecule has 3 aromatic carbocycles. The summed E-state index contributed by atoms with van der Waals surface area (Å²) in [6.07, 6.45) is 2.01. The predicted molar refractivity (Wildman–Crippen MR) is 116 cm³/mol. The van der Waals surface area contributed by atoms with Crippen LogP contribution in [0.25, 0.3) is 28.5 Å². The quantitative estimate of drug-likeness (QED) is 0.431. The highest BCUT2D eigenvalue weighted by Gasteiger charge is 2.18. The van der Waals surface area contributed by atoms with Gasteiger partial charge in [0.05, 0.1) is 0 Å². The maximum absolute atomic E-state index is 4.62. The summed E-state index contributed by atoms with van der Waals surface area (Å²) in [6.45, 7) is 6.52. The SMILES string of the molecule is CCc1cc(CC)cc(-n2c(-c3ccccc3)nnc2-c2ccccc2C)c1. The van der Waals surface area contributed by atoms with Crippen LogP contribution in [0, 0.1) is 6.92 Å². The molecular formula is C25H25N3. The second-order valence-corrected chi connectivity index (χ2v) is 7.08. The molecule has 4 rings (SSSR count). The van der Waals surface area contributed by atoms with Gasteiger partial charge in [0.25, 0.3) is 0 Å². The normalized spacial score (nSPS) is 11.0. The van der Waals surface area contributed by atoms with Gasteiger partial charge in [-0.05, 0) is 48.6 Å². The van der Waals surface area contributed by atoms with Gasteiger partial charge in [0, 0.05) is 16.8 Å². The van der Waals surface area contributed by atoms with Gasteiger partial charge in [-0.2, -0.15) is 0 Å². The molecule has 0 atom stereocenters. The average Bonchev–Trinajstić information content (AvgIpc) is 3.19. The van der Waals surface area contributed by atoms with Gasteiger partial charge >= 0.3 is 0 Å². The molecule has 0 aliphatic carbocycles. The number of aryl methyl sites for hydroxylation is 3. The van der Waals surface area contributed by atoms with E-state index >= 15 is 0 Å². The lowest BCUT2D eigenvalue weighted by Crippen LogP contribution is -2.03. The summed E-state index contributed by atoms with van der Waals surface area (Å²) in [6, 6.07) is 25.5. The van der Waals surface area contributed by atoms with Gasteiger partial charge in [-0.3, -0.25) is 4.57 Å². The highest BCUT2D eigenvalue weighted by molar-refractivity contribution is 5.69. The molecule has 0 fully saturated rings. The van der Waals surface area contributed by atoms with E-state index < -0.39 is 0 Å². The van der Waals surface area contributed by atoms with Crippen molar-refractivity contribution in [1.29, 1.82) is 0 Å².